The number of hydrogen-bond acceptors (Lipinski definition) is 3. The van der Waals surface area contributed by atoms with Gasteiger partial charge in [-0.2, -0.15) is 0 Å². The lowest BCUT2D eigenvalue weighted by Gasteiger charge is -2.30. The maximum atomic E-state index is 13.3. The van der Waals surface area contributed by atoms with Crippen LogP contribution in [0.3, 0.4) is 0 Å². The SMILES string of the molecule is Cc1cc(NC(=O)C(NC(=O)Nc2ccc(Cl)cc2)c2ccccc2)ccc1N1CCCCC1=N. The average Bonchev–Trinajstić information content (AvgIpc) is 2.85. The summed E-state index contributed by atoms with van der Waals surface area (Å²) in [7, 11) is 0. The predicted octanol–water partition coefficient (Wildman–Crippen LogP) is 6.12. The van der Waals surface area contributed by atoms with Crippen LogP contribution in [0.1, 0.15) is 36.4 Å². The molecular formula is C27H28ClN5O2. The van der Waals surface area contributed by atoms with Crippen LogP contribution in [-0.2, 0) is 4.79 Å². The highest BCUT2D eigenvalue weighted by atomic mass is 35.5. The number of anilines is 3. The number of nitrogens with one attached hydrogen (secondary N) is 4. The molecule has 1 atom stereocenters. The first-order chi connectivity index (χ1) is 16.9. The van der Waals surface area contributed by atoms with Crippen LogP contribution in [-0.4, -0.2) is 24.3 Å². The number of amidine groups is 1. The van der Waals surface area contributed by atoms with Crippen molar-refractivity contribution in [1.29, 1.82) is 5.41 Å². The quantitative estimate of drug-likeness (QED) is 0.336. The van der Waals surface area contributed by atoms with Crippen molar-refractivity contribution >= 4 is 46.4 Å². The van der Waals surface area contributed by atoms with E-state index in [2.05, 4.69) is 16.0 Å². The summed E-state index contributed by atoms with van der Waals surface area (Å²) in [6.45, 7) is 2.80. The lowest BCUT2D eigenvalue weighted by molar-refractivity contribution is -0.118. The van der Waals surface area contributed by atoms with Gasteiger partial charge in [0.25, 0.3) is 5.91 Å². The van der Waals surface area contributed by atoms with Gasteiger partial charge in [-0.05, 0) is 73.4 Å². The lowest BCUT2D eigenvalue weighted by Crippen LogP contribution is -2.39. The molecule has 0 spiro atoms. The topological polar surface area (TPSA) is 97.3 Å². The molecule has 0 saturated carbocycles. The van der Waals surface area contributed by atoms with Gasteiger partial charge in [0.2, 0.25) is 0 Å². The van der Waals surface area contributed by atoms with E-state index in [1.807, 2.05) is 48.2 Å². The third-order valence-corrected chi connectivity index (χ3v) is 6.15. The fourth-order valence-electron chi connectivity index (χ4n) is 4.13. The van der Waals surface area contributed by atoms with Crippen LogP contribution in [0, 0.1) is 12.3 Å². The molecule has 0 aromatic heterocycles. The summed E-state index contributed by atoms with van der Waals surface area (Å²) >= 11 is 5.91. The molecule has 1 saturated heterocycles. The van der Waals surface area contributed by atoms with Crippen LogP contribution in [0.15, 0.2) is 72.8 Å². The number of carbonyl (C=O) groups is 2. The summed E-state index contributed by atoms with van der Waals surface area (Å²) < 4.78 is 0. The molecule has 4 rings (SSSR count). The Morgan fingerprint density at radius 3 is 2.34 bits per heavy atom. The van der Waals surface area contributed by atoms with Crippen molar-refractivity contribution in [2.75, 3.05) is 22.1 Å². The number of rotatable bonds is 6. The minimum absolute atomic E-state index is 0.361. The Bertz CT molecular complexity index is 1210. The van der Waals surface area contributed by atoms with Crippen LogP contribution >= 0.6 is 11.6 Å². The summed E-state index contributed by atoms with van der Waals surface area (Å²) in [6.07, 6.45) is 2.88. The molecule has 35 heavy (non-hydrogen) atoms. The zero-order valence-electron chi connectivity index (χ0n) is 19.5. The van der Waals surface area contributed by atoms with Gasteiger partial charge >= 0.3 is 6.03 Å². The number of piperidine rings is 1. The number of amides is 3. The van der Waals surface area contributed by atoms with E-state index < -0.39 is 12.1 Å². The van der Waals surface area contributed by atoms with Gasteiger partial charge in [0.15, 0.2) is 0 Å². The molecule has 0 bridgehead atoms. The van der Waals surface area contributed by atoms with Gasteiger partial charge in [0, 0.05) is 35.1 Å². The highest BCUT2D eigenvalue weighted by Crippen LogP contribution is 2.28. The second kappa shape index (κ2) is 11.1. The number of urea groups is 1. The molecular weight excluding hydrogens is 462 g/mol. The Morgan fingerprint density at radius 1 is 0.943 bits per heavy atom. The molecule has 7 nitrogen and oxygen atoms in total. The van der Waals surface area contributed by atoms with Crippen LogP contribution in [0.25, 0.3) is 0 Å². The summed E-state index contributed by atoms with van der Waals surface area (Å²) in [5.74, 6) is 0.261. The molecule has 1 heterocycles. The molecule has 8 heteroatoms. The normalized spacial score (nSPS) is 14.2. The molecule has 3 aromatic carbocycles. The van der Waals surface area contributed by atoms with Gasteiger partial charge in [0.1, 0.15) is 11.9 Å². The number of hydrogen-bond donors (Lipinski definition) is 4. The van der Waals surface area contributed by atoms with E-state index in [1.165, 1.54) is 0 Å². The van der Waals surface area contributed by atoms with E-state index in [1.54, 1.807) is 36.4 Å². The van der Waals surface area contributed by atoms with E-state index in [0.29, 0.717) is 27.8 Å². The van der Waals surface area contributed by atoms with E-state index >= 15 is 0 Å². The Balaban J connectivity index is 1.49. The molecule has 0 radical (unpaired) electrons. The molecule has 0 aliphatic carbocycles. The van der Waals surface area contributed by atoms with Gasteiger partial charge in [-0.15, -0.1) is 0 Å². The van der Waals surface area contributed by atoms with E-state index in [9.17, 15) is 9.59 Å². The van der Waals surface area contributed by atoms with Crippen molar-refractivity contribution in [3.63, 3.8) is 0 Å². The first kappa shape index (κ1) is 24.3. The standard InChI is InChI=1S/C27H28ClN5O2/c1-18-17-22(14-15-23(18)33-16-6-5-9-24(33)29)30-26(34)25(19-7-3-2-4-8-19)32-27(35)31-21-12-10-20(28)11-13-21/h2-4,7-8,10-15,17,25,29H,5-6,9,16H2,1H3,(H,30,34)(H2,31,32,35). The molecule has 3 aromatic rings. The second-order valence-electron chi connectivity index (χ2n) is 8.50. The number of carbonyl (C=O) groups excluding carboxylic acids is 2. The largest absolute Gasteiger partial charge is 0.330 e. The van der Waals surface area contributed by atoms with Gasteiger partial charge < -0.3 is 20.9 Å². The van der Waals surface area contributed by atoms with Gasteiger partial charge in [-0.1, -0.05) is 41.9 Å². The Hall–Kier alpha value is -3.84. The fraction of sp³-hybridized carbons (Fsp3) is 0.222. The van der Waals surface area contributed by atoms with Crippen molar-refractivity contribution in [3.05, 3.63) is 88.9 Å². The third kappa shape index (κ3) is 6.19. The molecule has 1 aliphatic heterocycles. The molecule has 180 valence electrons. The Kier molecular flexibility index (Phi) is 7.67. The second-order valence-corrected chi connectivity index (χ2v) is 8.93. The summed E-state index contributed by atoms with van der Waals surface area (Å²) in [5.41, 5.74) is 3.80. The Morgan fingerprint density at radius 2 is 1.66 bits per heavy atom. The number of nitrogens with zero attached hydrogens (tertiary/aromatic N) is 1. The van der Waals surface area contributed by atoms with Crippen molar-refractivity contribution < 1.29 is 9.59 Å². The highest BCUT2D eigenvalue weighted by Gasteiger charge is 2.24. The molecule has 3 amide bonds. The van der Waals surface area contributed by atoms with Crippen LogP contribution in [0.2, 0.25) is 5.02 Å². The zero-order chi connectivity index (χ0) is 24.8. The predicted molar refractivity (Wildman–Crippen MR) is 142 cm³/mol. The monoisotopic (exact) mass is 489 g/mol. The van der Waals surface area contributed by atoms with E-state index in [4.69, 9.17) is 17.0 Å². The number of benzene rings is 3. The van der Waals surface area contributed by atoms with Gasteiger partial charge in [-0.3, -0.25) is 10.2 Å². The number of halogens is 1. The maximum Gasteiger partial charge on any atom is 0.320 e. The van der Waals surface area contributed by atoms with Crippen LogP contribution in [0.4, 0.5) is 21.9 Å². The van der Waals surface area contributed by atoms with Crippen LogP contribution < -0.4 is 20.9 Å². The summed E-state index contributed by atoms with van der Waals surface area (Å²) in [4.78, 5) is 28.0. The molecule has 1 unspecified atom stereocenters. The molecule has 1 fully saturated rings. The first-order valence-electron chi connectivity index (χ1n) is 11.6. The van der Waals surface area contributed by atoms with Crippen LogP contribution in [0.5, 0.6) is 0 Å². The van der Waals surface area contributed by atoms with Crippen molar-refractivity contribution in [1.82, 2.24) is 5.32 Å². The van der Waals surface area contributed by atoms with Crippen molar-refractivity contribution in [3.8, 4) is 0 Å². The van der Waals surface area contributed by atoms with Gasteiger partial charge in [-0.25, -0.2) is 4.79 Å². The first-order valence-corrected chi connectivity index (χ1v) is 11.9. The van der Waals surface area contributed by atoms with Crippen molar-refractivity contribution in [2.45, 2.75) is 32.2 Å². The minimum Gasteiger partial charge on any atom is -0.330 e. The zero-order valence-corrected chi connectivity index (χ0v) is 20.2. The number of aryl methyl sites for hydroxylation is 1. The highest BCUT2D eigenvalue weighted by molar-refractivity contribution is 6.30. The molecule has 1 aliphatic rings. The van der Waals surface area contributed by atoms with E-state index in [0.717, 1.165) is 37.1 Å². The fourth-order valence-corrected chi connectivity index (χ4v) is 4.25. The maximum absolute atomic E-state index is 13.3. The smallest absolute Gasteiger partial charge is 0.320 e. The average molecular weight is 490 g/mol. The van der Waals surface area contributed by atoms with Gasteiger partial charge in [0.05, 0.1) is 0 Å². The summed E-state index contributed by atoms with van der Waals surface area (Å²) in [5, 5.41) is 17.3. The third-order valence-electron chi connectivity index (χ3n) is 5.90. The summed E-state index contributed by atoms with van der Waals surface area (Å²) in [6, 6.07) is 20.1. The Labute approximate surface area is 210 Å². The van der Waals surface area contributed by atoms with E-state index in [-0.39, 0.29) is 5.91 Å². The lowest BCUT2D eigenvalue weighted by atomic mass is 10.0. The van der Waals surface area contributed by atoms with Crippen molar-refractivity contribution in [2.24, 2.45) is 0 Å². The minimum atomic E-state index is -0.904. The molecule has 4 N–H and O–H groups in total.